The van der Waals surface area contributed by atoms with E-state index in [0.717, 1.165) is 25.7 Å². The molecule has 0 bridgehead atoms. The SMILES string of the molecule is CCNC(=O)c1ccc(NC2(CC(=O)O)CCCC2)nn1. The average Bonchev–Trinajstić information content (AvgIpc) is 2.87. The van der Waals surface area contributed by atoms with Gasteiger partial charge in [-0.2, -0.15) is 0 Å². The van der Waals surface area contributed by atoms with Crippen molar-refractivity contribution >= 4 is 17.7 Å². The number of carboxylic acid groups (broad SMARTS) is 1. The van der Waals surface area contributed by atoms with Crippen molar-refractivity contribution in [3.63, 3.8) is 0 Å². The van der Waals surface area contributed by atoms with Crippen LogP contribution in [-0.4, -0.2) is 39.3 Å². The van der Waals surface area contributed by atoms with Gasteiger partial charge in [-0.1, -0.05) is 12.8 Å². The van der Waals surface area contributed by atoms with Crippen molar-refractivity contribution in [2.45, 2.75) is 44.6 Å². The van der Waals surface area contributed by atoms with Crippen LogP contribution in [0.4, 0.5) is 5.82 Å². The summed E-state index contributed by atoms with van der Waals surface area (Å²) in [5, 5.41) is 22.8. The highest BCUT2D eigenvalue weighted by atomic mass is 16.4. The minimum atomic E-state index is -0.823. The van der Waals surface area contributed by atoms with Crippen LogP contribution >= 0.6 is 0 Å². The smallest absolute Gasteiger partial charge is 0.305 e. The molecule has 3 N–H and O–H groups in total. The second kappa shape index (κ2) is 6.51. The number of carbonyl (C=O) groups excluding carboxylic acids is 1. The number of rotatable bonds is 6. The van der Waals surface area contributed by atoms with Crippen molar-refractivity contribution in [1.29, 1.82) is 0 Å². The molecule has 2 rings (SSSR count). The molecular weight excluding hydrogens is 272 g/mol. The molecule has 0 spiro atoms. The van der Waals surface area contributed by atoms with E-state index in [1.165, 1.54) is 0 Å². The van der Waals surface area contributed by atoms with Crippen molar-refractivity contribution in [3.8, 4) is 0 Å². The van der Waals surface area contributed by atoms with Gasteiger partial charge in [-0.15, -0.1) is 10.2 Å². The third-order valence-electron chi connectivity index (χ3n) is 3.68. The summed E-state index contributed by atoms with van der Waals surface area (Å²) < 4.78 is 0. The molecule has 1 fully saturated rings. The number of anilines is 1. The van der Waals surface area contributed by atoms with Crippen molar-refractivity contribution in [1.82, 2.24) is 15.5 Å². The van der Waals surface area contributed by atoms with Gasteiger partial charge in [-0.25, -0.2) is 0 Å². The van der Waals surface area contributed by atoms with E-state index in [4.69, 9.17) is 5.11 Å². The molecule has 1 saturated carbocycles. The van der Waals surface area contributed by atoms with E-state index >= 15 is 0 Å². The van der Waals surface area contributed by atoms with Gasteiger partial charge in [-0.05, 0) is 31.9 Å². The molecule has 1 aliphatic rings. The zero-order valence-electron chi connectivity index (χ0n) is 12.1. The first kappa shape index (κ1) is 15.2. The van der Waals surface area contributed by atoms with Crippen LogP contribution in [-0.2, 0) is 4.79 Å². The molecular formula is C14H20N4O3. The maximum atomic E-state index is 11.6. The number of amides is 1. The van der Waals surface area contributed by atoms with Gasteiger partial charge in [0.15, 0.2) is 5.69 Å². The number of aliphatic carboxylic acids is 1. The van der Waals surface area contributed by atoms with Gasteiger partial charge in [0.1, 0.15) is 5.82 Å². The maximum Gasteiger partial charge on any atom is 0.305 e. The zero-order chi connectivity index (χ0) is 15.3. The summed E-state index contributed by atoms with van der Waals surface area (Å²) in [6.45, 7) is 2.36. The monoisotopic (exact) mass is 292 g/mol. The minimum Gasteiger partial charge on any atom is -0.481 e. The maximum absolute atomic E-state index is 11.6. The van der Waals surface area contributed by atoms with Gasteiger partial charge in [0, 0.05) is 12.1 Å². The number of nitrogens with one attached hydrogen (secondary N) is 2. The number of carbonyl (C=O) groups is 2. The first-order valence-electron chi connectivity index (χ1n) is 7.16. The fourth-order valence-corrected chi connectivity index (χ4v) is 2.73. The van der Waals surface area contributed by atoms with E-state index in [9.17, 15) is 9.59 Å². The number of nitrogens with zero attached hydrogens (tertiary/aromatic N) is 2. The Kier molecular flexibility index (Phi) is 4.72. The van der Waals surface area contributed by atoms with Crippen LogP contribution in [0, 0.1) is 0 Å². The molecule has 0 atom stereocenters. The van der Waals surface area contributed by atoms with Gasteiger partial charge in [-0.3, -0.25) is 9.59 Å². The molecule has 0 unspecified atom stereocenters. The summed E-state index contributed by atoms with van der Waals surface area (Å²) in [6, 6.07) is 3.25. The van der Waals surface area contributed by atoms with Crippen molar-refractivity contribution in [3.05, 3.63) is 17.8 Å². The second-order valence-corrected chi connectivity index (χ2v) is 5.35. The molecule has 0 aromatic carbocycles. The van der Waals surface area contributed by atoms with Crippen LogP contribution in [0.15, 0.2) is 12.1 Å². The molecule has 7 heteroatoms. The number of aromatic nitrogens is 2. The Labute approximate surface area is 123 Å². The molecule has 1 aromatic heterocycles. The standard InChI is InChI=1S/C14H20N4O3/c1-2-15-13(21)10-5-6-11(18-17-10)16-14(9-12(19)20)7-3-4-8-14/h5-6H,2-4,7-9H2,1H3,(H,15,21)(H,16,18)(H,19,20). The summed E-state index contributed by atoms with van der Waals surface area (Å²) in [6.07, 6.45) is 3.68. The first-order chi connectivity index (χ1) is 10.0. The molecule has 1 heterocycles. The van der Waals surface area contributed by atoms with Crippen LogP contribution in [0.2, 0.25) is 0 Å². The summed E-state index contributed by atoms with van der Waals surface area (Å²) in [5.74, 6) is -0.583. The molecule has 1 aromatic rings. The van der Waals surface area contributed by atoms with Gasteiger partial charge in [0.05, 0.1) is 6.42 Å². The third kappa shape index (κ3) is 3.90. The molecule has 21 heavy (non-hydrogen) atoms. The van der Waals surface area contributed by atoms with Crippen molar-refractivity contribution < 1.29 is 14.7 Å². The van der Waals surface area contributed by atoms with Crippen LogP contribution in [0.5, 0.6) is 0 Å². The predicted octanol–water partition coefficient (Wildman–Crippen LogP) is 1.43. The Balaban J connectivity index is 2.07. The lowest BCUT2D eigenvalue weighted by Gasteiger charge is -2.29. The Hall–Kier alpha value is -2.18. The quantitative estimate of drug-likeness (QED) is 0.732. The summed E-state index contributed by atoms with van der Waals surface area (Å²) in [7, 11) is 0. The van der Waals surface area contributed by atoms with Gasteiger partial charge < -0.3 is 15.7 Å². The molecule has 0 saturated heterocycles. The van der Waals surface area contributed by atoms with E-state index in [0.29, 0.717) is 12.4 Å². The Bertz CT molecular complexity index is 509. The Morgan fingerprint density at radius 2 is 2.00 bits per heavy atom. The first-order valence-corrected chi connectivity index (χ1v) is 7.16. The lowest BCUT2D eigenvalue weighted by molar-refractivity contribution is -0.138. The van der Waals surface area contributed by atoms with Crippen LogP contribution in [0.25, 0.3) is 0 Å². The lowest BCUT2D eigenvalue weighted by atomic mass is 9.93. The minimum absolute atomic E-state index is 0.0623. The fraction of sp³-hybridized carbons (Fsp3) is 0.571. The van der Waals surface area contributed by atoms with Crippen LogP contribution < -0.4 is 10.6 Å². The topological polar surface area (TPSA) is 104 Å². The Morgan fingerprint density at radius 1 is 1.29 bits per heavy atom. The number of carboxylic acids is 1. The summed E-state index contributed by atoms with van der Waals surface area (Å²) >= 11 is 0. The van der Waals surface area contributed by atoms with Crippen LogP contribution in [0.1, 0.15) is 49.5 Å². The zero-order valence-corrected chi connectivity index (χ0v) is 12.1. The fourth-order valence-electron chi connectivity index (χ4n) is 2.73. The van der Waals surface area contributed by atoms with Gasteiger partial charge >= 0.3 is 5.97 Å². The molecule has 0 radical (unpaired) electrons. The van der Waals surface area contributed by atoms with Crippen molar-refractivity contribution in [2.24, 2.45) is 0 Å². The van der Waals surface area contributed by atoms with E-state index in [1.807, 2.05) is 6.92 Å². The Morgan fingerprint density at radius 3 is 2.52 bits per heavy atom. The highest BCUT2D eigenvalue weighted by molar-refractivity contribution is 5.92. The van der Waals surface area contributed by atoms with Crippen molar-refractivity contribution in [2.75, 3.05) is 11.9 Å². The number of hydrogen-bond acceptors (Lipinski definition) is 5. The molecule has 114 valence electrons. The predicted molar refractivity (Wildman–Crippen MR) is 77.1 cm³/mol. The highest BCUT2D eigenvalue weighted by Crippen LogP contribution is 2.35. The van der Waals surface area contributed by atoms with E-state index < -0.39 is 11.5 Å². The lowest BCUT2D eigenvalue weighted by Crippen LogP contribution is -2.38. The second-order valence-electron chi connectivity index (χ2n) is 5.35. The highest BCUT2D eigenvalue weighted by Gasteiger charge is 2.36. The van der Waals surface area contributed by atoms with E-state index in [1.54, 1.807) is 12.1 Å². The molecule has 1 amide bonds. The van der Waals surface area contributed by atoms with E-state index in [-0.39, 0.29) is 18.0 Å². The number of hydrogen-bond donors (Lipinski definition) is 3. The van der Waals surface area contributed by atoms with Gasteiger partial charge in [0.25, 0.3) is 5.91 Å². The van der Waals surface area contributed by atoms with Gasteiger partial charge in [0.2, 0.25) is 0 Å². The average molecular weight is 292 g/mol. The summed E-state index contributed by atoms with van der Waals surface area (Å²) in [5.41, 5.74) is -0.200. The van der Waals surface area contributed by atoms with Crippen LogP contribution in [0.3, 0.4) is 0 Å². The molecule has 0 aliphatic heterocycles. The largest absolute Gasteiger partial charge is 0.481 e. The third-order valence-corrected chi connectivity index (χ3v) is 3.68. The molecule has 7 nitrogen and oxygen atoms in total. The molecule has 1 aliphatic carbocycles. The normalized spacial score (nSPS) is 16.4. The van der Waals surface area contributed by atoms with E-state index in [2.05, 4.69) is 20.8 Å². The summed E-state index contributed by atoms with van der Waals surface area (Å²) in [4.78, 5) is 22.6.